The van der Waals surface area contributed by atoms with Crippen molar-refractivity contribution in [3.63, 3.8) is 0 Å². The molecule has 3 unspecified atom stereocenters. The van der Waals surface area contributed by atoms with Crippen LogP contribution in [0.15, 0.2) is 0 Å². The minimum absolute atomic E-state index is 0.0379. The number of rotatable bonds is 2. The molecule has 1 rings (SSSR count). The molecule has 0 spiro atoms. The van der Waals surface area contributed by atoms with E-state index in [2.05, 4.69) is 0 Å². The lowest BCUT2D eigenvalue weighted by Gasteiger charge is -2.37. The van der Waals surface area contributed by atoms with Crippen LogP contribution in [0.3, 0.4) is 0 Å². The molecular weight excluding hydrogens is 243 g/mol. The molecule has 1 aliphatic rings. The van der Waals surface area contributed by atoms with Gasteiger partial charge in [0.2, 0.25) is 0 Å². The fourth-order valence-corrected chi connectivity index (χ4v) is 1.60. The highest BCUT2D eigenvalue weighted by Gasteiger charge is 2.43. The van der Waals surface area contributed by atoms with Crippen molar-refractivity contribution in [2.45, 2.75) is 44.1 Å². The van der Waals surface area contributed by atoms with Crippen LogP contribution in [0.5, 0.6) is 0 Å². The van der Waals surface area contributed by atoms with E-state index in [4.69, 9.17) is 9.47 Å². The molecule has 2 N–H and O–H groups in total. The van der Waals surface area contributed by atoms with Gasteiger partial charge in [-0.3, -0.25) is 4.79 Å². The van der Waals surface area contributed by atoms with E-state index >= 15 is 0 Å². The van der Waals surface area contributed by atoms with Gasteiger partial charge in [-0.15, -0.1) is 0 Å². The number of hydrogen-bond acceptors (Lipinski definition) is 4. The van der Waals surface area contributed by atoms with Gasteiger partial charge >= 0.3 is 12.1 Å². The Balaban J connectivity index is 2.65. The van der Waals surface area contributed by atoms with Gasteiger partial charge in [-0.25, -0.2) is 0 Å². The molecule has 1 saturated heterocycles. The quantitative estimate of drug-likeness (QED) is 0.740. The fourth-order valence-electron chi connectivity index (χ4n) is 1.60. The maximum Gasteiger partial charge on any atom is 0.471 e. The minimum Gasteiger partial charge on any atom is -0.388 e. The Kier molecular flexibility index (Phi) is 4.34. The largest absolute Gasteiger partial charge is 0.471 e. The van der Waals surface area contributed by atoms with Crippen molar-refractivity contribution in [1.82, 2.24) is 5.32 Å². The van der Waals surface area contributed by atoms with E-state index in [9.17, 15) is 23.1 Å². The maximum absolute atomic E-state index is 12.1. The van der Waals surface area contributed by atoms with Crippen molar-refractivity contribution in [2.24, 2.45) is 0 Å². The molecule has 17 heavy (non-hydrogen) atoms. The van der Waals surface area contributed by atoms with Crippen molar-refractivity contribution in [2.75, 3.05) is 7.11 Å². The number of alkyl halides is 3. The number of halogens is 3. The maximum atomic E-state index is 12.1. The molecule has 1 amide bonds. The number of methoxy groups -OCH3 is 1. The smallest absolute Gasteiger partial charge is 0.388 e. The van der Waals surface area contributed by atoms with Crippen LogP contribution >= 0.6 is 0 Å². The molecule has 100 valence electrons. The Morgan fingerprint density at radius 2 is 2.12 bits per heavy atom. The van der Waals surface area contributed by atoms with Gasteiger partial charge in [-0.1, -0.05) is 0 Å². The average molecular weight is 257 g/mol. The van der Waals surface area contributed by atoms with Crippen LogP contribution in [0.1, 0.15) is 13.3 Å². The molecule has 0 aromatic rings. The normalized spacial score (nSPS) is 34.5. The lowest BCUT2D eigenvalue weighted by atomic mass is 9.99. The topological polar surface area (TPSA) is 67.8 Å². The number of nitrogens with one attached hydrogen (secondary N) is 1. The van der Waals surface area contributed by atoms with E-state index in [-0.39, 0.29) is 6.42 Å². The molecule has 1 fully saturated rings. The summed E-state index contributed by atoms with van der Waals surface area (Å²) in [4.78, 5) is 10.8. The third kappa shape index (κ3) is 3.55. The standard InChI is InChI=1S/C9H14F3NO4/c1-4-7(14)5(3-6(16-2)17-4)13-8(15)9(10,11)12/h4-7,14H,3H2,1-2H3,(H,13,15)/t4?,5?,6-,7?/m1/s1. The fraction of sp³-hybridized carbons (Fsp3) is 0.889. The Hall–Kier alpha value is -0.860. The first-order chi connectivity index (χ1) is 7.75. The highest BCUT2D eigenvalue weighted by Crippen LogP contribution is 2.22. The summed E-state index contributed by atoms with van der Waals surface area (Å²) < 4.78 is 46.1. The number of carbonyl (C=O) groups is 1. The Bertz CT molecular complexity index is 284. The van der Waals surface area contributed by atoms with Crippen LogP contribution in [0.4, 0.5) is 13.2 Å². The predicted molar refractivity (Wildman–Crippen MR) is 50.0 cm³/mol. The predicted octanol–water partition coefficient (Wildman–Crippen LogP) is 0.176. The van der Waals surface area contributed by atoms with Crippen molar-refractivity contribution >= 4 is 5.91 Å². The second-order valence-electron chi connectivity index (χ2n) is 3.81. The average Bonchev–Trinajstić information content (AvgIpc) is 2.22. The van der Waals surface area contributed by atoms with Crippen LogP contribution in [0.2, 0.25) is 0 Å². The number of ether oxygens (including phenoxy) is 2. The van der Waals surface area contributed by atoms with Crippen molar-refractivity contribution in [3.05, 3.63) is 0 Å². The van der Waals surface area contributed by atoms with E-state index in [0.717, 1.165) is 0 Å². The summed E-state index contributed by atoms with van der Waals surface area (Å²) in [6.45, 7) is 1.49. The summed E-state index contributed by atoms with van der Waals surface area (Å²) in [5, 5.41) is 11.3. The summed E-state index contributed by atoms with van der Waals surface area (Å²) in [6.07, 6.45) is -7.67. The van der Waals surface area contributed by atoms with Gasteiger partial charge < -0.3 is 19.9 Å². The van der Waals surface area contributed by atoms with E-state index in [1.54, 1.807) is 5.32 Å². The molecule has 0 radical (unpaired) electrons. The Morgan fingerprint density at radius 3 is 2.59 bits per heavy atom. The molecule has 0 aliphatic carbocycles. The molecule has 4 atom stereocenters. The van der Waals surface area contributed by atoms with Crippen LogP contribution in [0.25, 0.3) is 0 Å². The first kappa shape index (κ1) is 14.2. The number of amides is 1. The first-order valence-electron chi connectivity index (χ1n) is 4.99. The molecule has 1 heterocycles. The second kappa shape index (κ2) is 5.19. The number of aliphatic hydroxyl groups excluding tert-OH is 1. The van der Waals surface area contributed by atoms with Gasteiger partial charge in [-0.2, -0.15) is 13.2 Å². The monoisotopic (exact) mass is 257 g/mol. The first-order valence-corrected chi connectivity index (χ1v) is 4.99. The highest BCUT2D eigenvalue weighted by atomic mass is 19.4. The summed E-state index contributed by atoms with van der Waals surface area (Å²) >= 11 is 0. The highest BCUT2D eigenvalue weighted by molar-refractivity contribution is 5.82. The molecule has 5 nitrogen and oxygen atoms in total. The molecule has 0 aromatic heterocycles. The van der Waals surface area contributed by atoms with E-state index in [1.807, 2.05) is 0 Å². The zero-order chi connectivity index (χ0) is 13.2. The van der Waals surface area contributed by atoms with E-state index in [1.165, 1.54) is 14.0 Å². The third-order valence-electron chi connectivity index (χ3n) is 2.54. The number of aliphatic hydroxyl groups is 1. The van der Waals surface area contributed by atoms with E-state index < -0.39 is 36.6 Å². The molecule has 8 heteroatoms. The molecule has 0 saturated carbocycles. The van der Waals surface area contributed by atoms with Gasteiger partial charge in [0.1, 0.15) is 6.10 Å². The van der Waals surface area contributed by atoms with Gasteiger partial charge in [-0.05, 0) is 6.92 Å². The van der Waals surface area contributed by atoms with Crippen molar-refractivity contribution < 1.29 is 32.5 Å². The summed E-state index contributed by atoms with van der Waals surface area (Å²) in [5.74, 6) is -2.08. The summed E-state index contributed by atoms with van der Waals surface area (Å²) in [5.41, 5.74) is 0. The van der Waals surface area contributed by atoms with Crippen molar-refractivity contribution in [1.29, 1.82) is 0 Å². The lowest BCUT2D eigenvalue weighted by molar-refractivity contribution is -0.218. The van der Waals surface area contributed by atoms with Gasteiger partial charge in [0.15, 0.2) is 6.29 Å². The van der Waals surface area contributed by atoms with Crippen LogP contribution < -0.4 is 5.32 Å². The summed E-state index contributed by atoms with van der Waals surface area (Å²) in [6, 6.07) is -1.04. The third-order valence-corrected chi connectivity index (χ3v) is 2.54. The van der Waals surface area contributed by atoms with Crippen LogP contribution in [0, 0.1) is 0 Å². The Labute approximate surface area is 95.9 Å². The Morgan fingerprint density at radius 1 is 1.53 bits per heavy atom. The molecule has 1 aliphatic heterocycles. The number of carbonyl (C=O) groups excluding carboxylic acids is 1. The lowest BCUT2D eigenvalue weighted by Crippen LogP contribution is -2.57. The minimum atomic E-state index is -4.97. The zero-order valence-electron chi connectivity index (χ0n) is 9.32. The zero-order valence-corrected chi connectivity index (χ0v) is 9.32. The SMILES string of the molecule is CO[C@H]1CC(NC(=O)C(F)(F)F)C(O)C(C)O1. The van der Waals surface area contributed by atoms with Crippen molar-refractivity contribution in [3.8, 4) is 0 Å². The van der Waals surface area contributed by atoms with E-state index in [0.29, 0.717) is 0 Å². The van der Waals surface area contributed by atoms with Gasteiger partial charge in [0, 0.05) is 13.5 Å². The van der Waals surface area contributed by atoms with Gasteiger partial charge in [0.05, 0.1) is 12.1 Å². The van der Waals surface area contributed by atoms with Crippen LogP contribution in [-0.4, -0.2) is 48.8 Å². The summed E-state index contributed by atoms with van der Waals surface area (Å²) in [7, 11) is 1.33. The number of hydrogen-bond donors (Lipinski definition) is 2. The van der Waals surface area contributed by atoms with Crippen LogP contribution in [-0.2, 0) is 14.3 Å². The molecule has 0 bridgehead atoms. The molecular formula is C9H14F3NO4. The molecule has 0 aromatic carbocycles. The second-order valence-corrected chi connectivity index (χ2v) is 3.81. The van der Waals surface area contributed by atoms with Gasteiger partial charge in [0.25, 0.3) is 0 Å².